The molecule has 4 rings (SSSR count). The molecular weight excluding hydrogens is 331 g/mol. The van der Waals surface area contributed by atoms with Crippen LogP contribution in [-0.2, 0) is 6.54 Å². The van der Waals surface area contributed by atoms with Crippen LogP contribution >= 0.6 is 0 Å². The minimum atomic E-state index is -0.327. The minimum Gasteiger partial charge on any atom is -0.294 e. The van der Waals surface area contributed by atoms with Crippen molar-refractivity contribution in [3.8, 4) is 5.69 Å². The first-order valence-electron chi connectivity index (χ1n) is 8.28. The van der Waals surface area contributed by atoms with Crippen molar-refractivity contribution < 1.29 is 4.39 Å². The highest BCUT2D eigenvalue weighted by atomic mass is 19.1. The van der Waals surface area contributed by atoms with Crippen LogP contribution in [0.4, 0.5) is 4.39 Å². The van der Waals surface area contributed by atoms with Gasteiger partial charge in [-0.2, -0.15) is 5.10 Å². The molecule has 4 aromatic rings. The molecule has 0 atom stereocenters. The number of aromatic nitrogens is 4. The molecule has 130 valence electrons. The van der Waals surface area contributed by atoms with E-state index in [1.165, 1.54) is 29.2 Å². The molecule has 0 aliphatic carbocycles. The molecule has 0 saturated heterocycles. The smallest absolute Gasteiger partial charge is 0.264 e. The van der Waals surface area contributed by atoms with Gasteiger partial charge in [-0.05, 0) is 43.2 Å². The Hall–Kier alpha value is -3.28. The normalized spacial score (nSPS) is 11.2. The Kier molecular flexibility index (Phi) is 3.88. The minimum absolute atomic E-state index is 0.199. The molecule has 0 bridgehead atoms. The summed E-state index contributed by atoms with van der Waals surface area (Å²) >= 11 is 0. The Morgan fingerprint density at radius 3 is 2.73 bits per heavy atom. The van der Waals surface area contributed by atoms with E-state index >= 15 is 0 Å². The molecule has 0 aliphatic heterocycles. The maximum Gasteiger partial charge on any atom is 0.264 e. The van der Waals surface area contributed by atoms with Crippen LogP contribution in [0.5, 0.6) is 0 Å². The standard InChI is InChI=1S/C20H17FN4O/c1-13-6-7-18(14(2)8-13)25-19-17(10-23-25)20(26)24(12-22-19)11-15-4-3-5-16(21)9-15/h3-10,12H,11H2,1-2H3. The lowest BCUT2D eigenvalue weighted by Gasteiger charge is -2.09. The highest BCUT2D eigenvalue weighted by Crippen LogP contribution is 2.18. The molecule has 26 heavy (non-hydrogen) atoms. The Balaban J connectivity index is 1.79. The molecule has 0 N–H and O–H groups in total. The predicted molar refractivity (Wildman–Crippen MR) is 98.1 cm³/mol. The van der Waals surface area contributed by atoms with Gasteiger partial charge in [0.2, 0.25) is 0 Å². The summed E-state index contributed by atoms with van der Waals surface area (Å²) in [4.78, 5) is 17.2. The number of aryl methyl sites for hydroxylation is 2. The van der Waals surface area contributed by atoms with Crippen molar-refractivity contribution in [2.45, 2.75) is 20.4 Å². The van der Waals surface area contributed by atoms with Gasteiger partial charge in [0.05, 0.1) is 18.4 Å². The fourth-order valence-electron chi connectivity index (χ4n) is 3.11. The van der Waals surface area contributed by atoms with E-state index < -0.39 is 0 Å². The Morgan fingerprint density at radius 2 is 1.96 bits per heavy atom. The van der Waals surface area contributed by atoms with Gasteiger partial charge in [0, 0.05) is 0 Å². The molecule has 2 heterocycles. The number of fused-ring (bicyclic) bond motifs is 1. The van der Waals surface area contributed by atoms with E-state index in [-0.39, 0.29) is 17.9 Å². The van der Waals surface area contributed by atoms with Gasteiger partial charge in [0.1, 0.15) is 17.5 Å². The second kappa shape index (κ2) is 6.22. The van der Waals surface area contributed by atoms with Gasteiger partial charge in [0.15, 0.2) is 5.65 Å². The summed E-state index contributed by atoms with van der Waals surface area (Å²) in [6.07, 6.45) is 3.02. The Labute approximate surface area is 149 Å². The molecule has 0 saturated carbocycles. The largest absolute Gasteiger partial charge is 0.294 e. The first-order chi connectivity index (χ1) is 12.5. The summed E-state index contributed by atoms with van der Waals surface area (Å²) in [6, 6.07) is 12.2. The van der Waals surface area contributed by atoms with Crippen molar-refractivity contribution in [3.63, 3.8) is 0 Å². The zero-order valence-electron chi connectivity index (χ0n) is 14.5. The van der Waals surface area contributed by atoms with Gasteiger partial charge < -0.3 is 0 Å². The molecule has 5 nitrogen and oxygen atoms in total. The van der Waals surface area contributed by atoms with Crippen LogP contribution in [0.1, 0.15) is 16.7 Å². The summed E-state index contributed by atoms with van der Waals surface area (Å²) in [5.74, 6) is -0.327. The molecule has 2 aromatic heterocycles. The van der Waals surface area contributed by atoms with Crippen LogP contribution in [0.2, 0.25) is 0 Å². The highest BCUT2D eigenvalue weighted by Gasteiger charge is 2.13. The second-order valence-corrected chi connectivity index (χ2v) is 6.39. The summed E-state index contributed by atoms with van der Waals surface area (Å²) in [5, 5.41) is 4.79. The number of hydrogen-bond acceptors (Lipinski definition) is 3. The summed E-state index contributed by atoms with van der Waals surface area (Å²) in [6.45, 7) is 4.29. The summed E-state index contributed by atoms with van der Waals surface area (Å²) in [7, 11) is 0. The van der Waals surface area contributed by atoms with Crippen molar-refractivity contribution in [3.05, 3.63) is 87.9 Å². The zero-order valence-corrected chi connectivity index (χ0v) is 14.5. The van der Waals surface area contributed by atoms with Gasteiger partial charge in [-0.3, -0.25) is 9.36 Å². The van der Waals surface area contributed by atoms with Crippen molar-refractivity contribution in [2.75, 3.05) is 0 Å². The van der Waals surface area contributed by atoms with Gasteiger partial charge >= 0.3 is 0 Å². The van der Waals surface area contributed by atoms with Gasteiger partial charge in [-0.15, -0.1) is 0 Å². The highest BCUT2D eigenvalue weighted by molar-refractivity contribution is 5.75. The molecular formula is C20H17FN4O. The quantitative estimate of drug-likeness (QED) is 0.570. The van der Waals surface area contributed by atoms with Gasteiger partial charge in [-0.1, -0.05) is 29.8 Å². The SMILES string of the molecule is Cc1ccc(-n2ncc3c(=O)n(Cc4cccc(F)c4)cnc32)c(C)c1. The van der Waals surface area contributed by atoms with Crippen LogP contribution in [-0.4, -0.2) is 19.3 Å². The third-order valence-electron chi connectivity index (χ3n) is 4.38. The Bertz CT molecular complexity index is 1180. The van der Waals surface area contributed by atoms with Crippen molar-refractivity contribution in [1.29, 1.82) is 0 Å². The fourth-order valence-corrected chi connectivity index (χ4v) is 3.11. The average molecular weight is 348 g/mol. The average Bonchev–Trinajstić information content (AvgIpc) is 3.02. The lowest BCUT2D eigenvalue weighted by atomic mass is 10.1. The van der Waals surface area contributed by atoms with Crippen molar-refractivity contribution in [2.24, 2.45) is 0 Å². The van der Waals surface area contributed by atoms with E-state index in [1.54, 1.807) is 16.8 Å². The molecule has 0 radical (unpaired) electrons. The fraction of sp³-hybridized carbons (Fsp3) is 0.150. The summed E-state index contributed by atoms with van der Waals surface area (Å²) in [5.41, 5.74) is 4.12. The van der Waals surface area contributed by atoms with Gasteiger partial charge in [-0.25, -0.2) is 14.1 Å². The van der Waals surface area contributed by atoms with Crippen LogP contribution in [0, 0.1) is 19.7 Å². The van der Waals surface area contributed by atoms with E-state index in [0.29, 0.717) is 16.6 Å². The number of nitrogens with zero attached hydrogens (tertiary/aromatic N) is 4. The predicted octanol–water partition coefficient (Wildman–Crippen LogP) is 3.39. The molecule has 6 heteroatoms. The van der Waals surface area contributed by atoms with E-state index in [2.05, 4.69) is 16.1 Å². The molecule has 0 unspecified atom stereocenters. The Morgan fingerprint density at radius 1 is 1.12 bits per heavy atom. The lowest BCUT2D eigenvalue weighted by Crippen LogP contribution is -2.21. The first kappa shape index (κ1) is 16.2. The molecule has 0 amide bonds. The van der Waals surface area contributed by atoms with Crippen molar-refractivity contribution >= 4 is 11.0 Å². The van der Waals surface area contributed by atoms with Gasteiger partial charge in [0.25, 0.3) is 5.56 Å². The molecule has 0 aliphatic rings. The third kappa shape index (κ3) is 2.79. The number of hydrogen-bond donors (Lipinski definition) is 0. The monoisotopic (exact) mass is 348 g/mol. The van der Waals surface area contributed by atoms with Crippen LogP contribution in [0.15, 0.2) is 59.8 Å². The summed E-state index contributed by atoms with van der Waals surface area (Å²) < 4.78 is 16.5. The molecule has 0 spiro atoms. The van der Waals surface area contributed by atoms with E-state index in [9.17, 15) is 9.18 Å². The van der Waals surface area contributed by atoms with Crippen molar-refractivity contribution in [1.82, 2.24) is 19.3 Å². The van der Waals surface area contributed by atoms with Crippen LogP contribution < -0.4 is 5.56 Å². The van der Waals surface area contributed by atoms with E-state index in [1.807, 2.05) is 26.0 Å². The maximum atomic E-state index is 13.4. The maximum absolute atomic E-state index is 13.4. The number of rotatable bonds is 3. The number of halogens is 1. The van der Waals surface area contributed by atoms with E-state index in [0.717, 1.165) is 16.8 Å². The molecule has 2 aromatic carbocycles. The van der Waals surface area contributed by atoms with Crippen LogP contribution in [0.25, 0.3) is 16.7 Å². The lowest BCUT2D eigenvalue weighted by molar-refractivity contribution is 0.622. The topological polar surface area (TPSA) is 52.7 Å². The van der Waals surface area contributed by atoms with E-state index in [4.69, 9.17) is 0 Å². The van der Waals surface area contributed by atoms with Crippen LogP contribution in [0.3, 0.4) is 0 Å². The third-order valence-corrected chi connectivity index (χ3v) is 4.38. The molecule has 0 fully saturated rings. The zero-order chi connectivity index (χ0) is 18.3. The second-order valence-electron chi connectivity index (χ2n) is 6.39. The number of benzene rings is 2. The first-order valence-corrected chi connectivity index (χ1v) is 8.28.